The highest BCUT2D eigenvalue weighted by molar-refractivity contribution is 5.94. The number of imidazole rings is 1. The Morgan fingerprint density at radius 2 is 1.72 bits per heavy atom. The summed E-state index contributed by atoms with van der Waals surface area (Å²) in [6, 6.07) is 21.8. The summed E-state index contributed by atoms with van der Waals surface area (Å²) in [6.07, 6.45) is 11.8. The molecular weight excluding hydrogens is 486 g/mol. The lowest BCUT2D eigenvalue weighted by Gasteiger charge is -2.17. The van der Waals surface area contributed by atoms with E-state index in [1.807, 2.05) is 60.4 Å². The Morgan fingerprint density at radius 1 is 0.897 bits per heavy atom. The molecule has 5 rings (SSSR count). The standard InChI is InChI=1S/C32H33N5O2/c1-2-27(38)12-4-3-5-13-28(36-32(39)26-16-17-30(33-21-26)37-18-8-9-19-37)31-34-22-29(35-31)25-15-14-23-10-6-7-11-24(23)20-25/h6-11,14-22,28H,2-5,12-13H2,1H3,(H,34,35)(H,36,39)/t28-/m0/s1. The molecule has 1 amide bonds. The van der Waals surface area contributed by atoms with Crippen LogP contribution < -0.4 is 5.32 Å². The van der Waals surface area contributed by atoms with Crippen LogP contribution in [0.25, 0.3) is 27.8 Å². The average molecular weight is 520 g/mol. The fourth-order valence-corrected chi connectivity index (χ4v) is 4.72. The molecule has 0 spiro atoms. The third kappa shape index (κ3) is 6.49. The Morgan fingerprint density at radius 3 is 2.49 bits per heavy atom. The van der Waals surface area contributed by atoms with Crippen molar-refractivity contribution in [1.29, 1.82) is 0 Å². The fraction of sp³-hybridized carbons (Fsp3) is 0.250. The van der Waals surface area contributed by atoms with E-state index in [0.717, 1.165) is 41.7 Å². The number of nitrogens with zero attached hydrogens (tertiary/aromatic N) is 3. The average Bonchev–Trinajstić information content (AvgIpc) is 3.69. The van der Waals surface area contributed by atoms with Crippen LogP contribution in [0.2, 0.25) is 0 Å². The van der Waals surface area contributed by atoms with Gasteiger partial charge in [-0.05, 0) is 53.9 Å². The first-order valence-electron chi connectivity index (χ1n) is 13.6. The molecule has 7 heteroatoms. The number of aromatic amines is 1. The summed E-state index contributed by atoms with van der Waals surface area (Å²) in [6.45, 7) is 1.90. The number of benzene rings is 2. The molecule has 0 saturated carbocycles. The molecule has 198 valence electrons. The normalized spacial score (nSPS) is 11.9. The molecule has 0 saturated heterocycles. The minimum Gasteiger partial charge on any atom is -0.342 e. The van der Waals surface area contributed by atoms with Crippen LogP contribution >= 0.6 is 0 Å². The van der Waals surface area contributed by atoms with Gasteiger partial charge in [0.1, 0.15) is 17.4 Å². The number of carbonyl (C=O) groups is 2. The molecular formula is C32H33N5O2. The van der Waals surface area contributed by atoms with Gasteiger partial charge in [-0.2, -0.15) is 0 Å². The number of nitrogens with one attached hydrogen (secondary N) is 2. The molecule has 0 aliphatic carbocycles. The minimum atomic E-state index is -0.294. The molecule has 3 aromatic heterocycles. The molecule has 0 aliphatic heterocycles. The number of ketones is 1. The van der Waals surface area contributed by atoms with Crippen LogP contribution in [-0.2, 0) is 4.79 Å². The van der Waals surface area contributed by atoms with Crippen LogP contribution in [0, 0.1) is 0 Å². The number of hydrogen-bond donors (Lipinski definition) is 2. The van der Waals surface area contributed by atoms with Gasteiger partial charge < -0.3 is 14.9 Å². The highest BCUT2D eigenvalue weighted by atomic mass is 16.1. The van der Waals surface area contributed by atoms with E-state index >= 15 is 0 Å². The minimum absolute atomic E-state index is 0.198. The van der Waals surface area contributed by atoms with Gasteiger partial charge in [-0.3, -0.25) is 9.59 Å². The zero-order valence-electron chi connectivity index (χ0n) is 22.1. The van der Waals surface area contributed by atoms with Crippen molar-refractivity contribution in [3.8, 4) is 17.1 Å². The zero-order chi connectivity index (χ0) is 27.0. The highest BCUT2D eigenvalue weighted by Gasteiger charge is 2.20. The van der Waals surface area contributed by atoms with Gasteiger partial charge in [0.2, 0.25) is 0 Å². The Bertz CT molecular complexity index is 1540. The Kier molecular flexibility index (Phi) is 8.26. The predicted octanol–water partition coefficient (Wildman–Crippen LogP) is 6.82. The molecule has 5 aromatic rings. The number of carbonyl (C=O) groups excluding carboxylic acids is 2. The van der Waals surface area contributed by atoms with Crippen molar-refractivity contribution in [2.75, 3.05) is 0 Å². The second-order valence-corrected chi connectivity index (χ2v) is 9.76. The molecule has 0 fully saturated rings. The Hall–Kier alpha value is -4.52. The molecule has 0 radical (unpaired) electrons. The maximum atomic E-state index is 13.2. The third-order valence-corrected chi connectivity index (χ3v) is 7.01. The molecule has 7 nitrogen and oxygen atoms in total. The first-order chi connectivity index (χ1) is 19.1. The van der Waals surface area contributed by atoms with E-state index in [0.29, 0.717) is 36.4 Å². The lowest BCUT2D eigenvalue weighted by molar-refractivity contribution is -0.118. The summed E-state index contributed by atoms with van der Waals surface area (Å²) in [5, 5.41) is 5.51. The summed E-state index contributed by atoms with van der Waals surface area (Å²) < 4.78 is 1.89. The van der Waals surface area contributed by atoms with Crippen molar-refractivity contribution in [3.63, 3.8) is 0 Å². The smallest absolute Gasteiger partial charge is 0.253 e. The summed E-state index contributed by atoms with van der Waals surface area (Å²) in [5.41, 5.74) is 2.44. The van der Waals surface area contributed by atoms with Crippen LogP contribution in [-0.4, -0.2) is 31.2 Å². The molecule has 1 atom stereocenters. The van der Waals surface area contributed by atoms with Crippen molar-refractivity contribution in [3.05, 3.63) is 103 Å². The van der Waals surface area contributed by atoms with Gasteiger partial charge in [0, 0.05) is 37.0 Å². The quantitative estimate of drug-likeness (QED) is 0.177. The van der Waals surface area contributed by atoms with Crippen molar-refractivity contribution < 1.29 is 9.59 Å². The van der Waals surface area contributed by atoms with Gasteiger partial charge in [-0.25, -0.2) is 9.97 Å². The van der Waals surface area contributed by atoms with Crippen LogP contribution in [0.15, 0.2) is 91.5 Å². The largest absolute Gasteiger partial charge is 0.342 e. The van der Waals surface area contributed by atoms with E-state index in [2.05, 4.69) is 50.6 Å². The van der Waals surface area contributed by atoms with Crippen molar-refractivity contribution >= 4 is 22.5 Å². The Labute approximate surface area is 228 Å². The van der Waals surface area contributed by atoms with Crippen LogP contribution in [0.3, 0.4) is 0 Å². The molecule has 0 bridgehead atoms. The van der Waals surface area contributed by atoms with Crippen molar-refractivity contribution in [2.45, 2.75) is 51.5 Å². The second-order valence-electron chi connectivity index (χ2n) is 9.76. The van der Waals surface area contributed by atoms with E-state index in [1.165, 1.54) is 5.39 Å². The first kappa shape index (κ1) is 26.1. The summed E-state index contributed by atoms with van der Waals surface area (Å²) in [5.74, 6) is 1.56. The molecule has 0 aliphatic rings. The number of hydrogen-bond acceptors (Lipinski definition) is 4. The van der Waals surface area contributed by atoms with Gasteiger partial charge in [-0.1, -0.05) is 56.2 Å². The van der Waals surface area contributed by atoms with Crippen LogP contribution in [0.4, 0.5) is 0 Å². The molecule has 2 N–H and O–H groups in total. The van der Waals surface area contributed by atoms with Crippen LogP contribution in [0.1, 0.15) is 67.7 Å². The molecule has 39 heavy (non-hydrogen) atoms. The maximum Gasteiger partial charge on any atom is 0.253 e. The van der Waals surface area contributed by atoms with Gasteiger partial charge in [0.15, 0.2) is 0 Å². The van der Waals surface area contributed by atoms with E-state index in [1.54, 1.807) is 12.3 Å². The van der Waals surface area contributed by atoms with Gasteiger partial charge >= 0.3 is 0 Å². The SMILES string of the molecule is CCC(=O)CCCCC[C@H](NC(=O)c1ccc(-n2cccc2)nc1)c1ncc(-c2ccc3ccccc3c2)[nH]1. The summed E-state index contributed by atoms with van der Waals surface area (Å²) in [7, 11) is 0. The molecule has 2 aromatic carbocycles. The number of aromatic nitrogens is 4. The van der Waals surface area contributed by atoms with E-state index in [4.69, 9.17) is 0 Å². The highest BCUT2D eigenvalue weighted by Crippen LogP contribution is 2.26. The monoisotopic (exact) mass is 519 g/mol. The van der Waals surface area contributed by atoms with Crippen LogP contribution in [0.5, 0.6) is 0 Å². The van der Waals surface area contributed by atoms with Gasteiger partial charge in [0.25, 0.3) is 5.91 Å². The Balaban J connectivity index is 1.31. The predicted molar refractivity (Wildman–Crippen MR) is 154 cm³/mol. The zero-order valence-corrected chi connectivity index (χ0v) is 22.1. The summed E-state index contributed by atoms with van der Waals surface area (Å²) in [4.78, 5) is 37.5. The number of rotatable bonds is 12. The first-order valence-corrected chi connectivity index (χ1v) is 13.6. The van der Waals surface area contributed by atoms with E-state index < -0.39 is 0 Å². The number of pyridine rings is 1. The van der Waals surface area contributed by atoms with Gasteiger partial charge in [0.05, 0.1) is 23.5 Å². The van der Waals surface area contributed by atoms with Crippen molar-refractivity contribution in [2.24, 2.45) is 0 Å². The number of fused-ring (bicyclic) bond motifs is 1. The van der Waals surface area contributed by atoms with E-state index in [9.17, 15) is 9.59 Å². The number of Topliss-reactive ketones (excluding diaryl/α,β-unsaturated/α-hetero) is 1. The molecule has 3 heterocycles. The number of H-pyrrole nitrogens is 1. The fourth-order valence-electron chi connectivity index (χ4n) is 4.72. The molecule has 0 unspecified atom stereocenters. The number of amides is 1. The third-order valence-electron chi connectivity index (χ3n) is 7.01. The maximum absolute atomic E-state index is 13.2. The summed E-state index contributed by atoms with van der Waals surface area (Å²) >= 11 is 0. The number of unbranched alkanes of at least 4 members (excludes halogenated alkanes) is 2. The lowest BCUT2D eigenvalue weighted by atomic mass is 10.0. The topological polar surface area (TPSA) is 92.7 Å². The van der Waals surface area contributed by atoms with Crippen molar-refractivity contribution in [1.82, 2.24) is 24.8 Å². The van der Waals surface area contributed by atoms with Gasteiger partial charge in [-0.15, -0.1) is 0 Å². The van der Waals surface area contributed by atoms with E-state index in [-0.39, 0.29) is 11.9 Å². The lowest BCUT2D eigenvalue weighted by Crippen LogP contribution is -2.29. The second kappa shape index (κ2) is 12.3.